The minimum atomic E-state index is 1.13. The van der Waals surface area contributed by atoms with Gasteiger partial charge >= 0.3 is 0 Å². The van der Waals surface area contributed by atoms with Gasteiger partial charge in [-0.3, -0.25) is 0 Å². The van der Waals surface area contributed by atoms with Crippen molar-refractivity contribution in [1.29, 1.82) is 0 Å². The summed E-state index contributed by atoms with van der Waals surface area (Å²) in [6.45, 7) is 2.18. The van der Waals surface area contributed by atoms with Gasteiger partial charge in [0.15, 0.2) is 0 Å². The van der Waals surface area contributed by atoms with Crippen molar-refractivity contribution in [2.75, 3.05) is 9.80 Å². The second-order valence-corrected chi connectivity index (χ2v) is 12.7. The lowest BCUT2D eigenvalue weighted by Crippen LogP contribution is -2.11. The van der Waals surface area contributed by atoms with Gasteiger partial charge in [-0.1, -0.05) is 152 Å². The SMILES string of the molecule is Cc1ccccc1N(c1ccc(/C=C/c2ccc(-c3ccc(N(c4ccccc4)c4ccccc4)cc3)cc2)cc1)c1cccc2ccccc12. The Hall–Kier alpha value is -6.64. The van der Waals surface area contributed by atoms with Crippen LogP contribution >= 0.6 is 0 Å². The summed E-state index contributed by atoms with van der Waals surface area (Å²) in [7, 11) is 0. The molecule has 0 radical (unpaired) electrons. The Labute approximate surface area is 300 Å². The number of nitrogens with zero attached hydrogens (tertiary/aromatic N) is 2. The maximum absolute atomic E-state index is 2.37. The second-order valence-electron chi connectivity index (χ2n) is 12.7. The van der Waals surface area contributed by atoms with Crippen molar-refractivity contribution in [1.82, 2.24) is 0 Å². The molecule has 0 fully saturated rings. The van der Waals surface area contributed by atoms with Gasteiger partial charge < -0.3 is 9.80 Å². The van der Waals surface area contributed by atoms with Crippen LogP contribution in [0.5, 0.6) is 0 Å². The van der Waals surface area contributed by atoms with Crippen LogP contribution < -0.4 is 9.80 Å². The molecule has 0 aliphatic heterocycles. The van der Waals surface area contributed by atoms with Crippen LogP contribution in [0.4, 0.5) is 34.1 Å². The smallest absolute Gasteiger partial charge is 0.0540 e. The van der Waals surface area contributed by atoms with E-state index in [4.69, 9.17) is 0 Å². The van der Waals surface area contributed by atoms with E-state index in [1.54, 1.807) is 0 Å². The van der Waals surface area contributed by atoms with E-state index in [1.165, 1.54) is 38.8 Å². The summed E-state index contributed by atoms with van der Waals surface area (Å²) < 4.78 is 0. The molecule has 2 heteroatoms. The Balaban J connectivity index is 1.01. The van der Waals surface area contributed by atoms with Crippen LogP contribution in [0.1, 0.15) is 16.7 Å². The molecular formula is C49H38N2. The number of rotatable bonds is 9. The first-order chi connectivity index (χ1) is 25.2. The first kappa shape index (κ1) is 31.6. The van der Waals surface area contributed by atoms with E-state index in [-0.39, 0.29) is 0 Å². The molecular weight excluding hydrogens is 617 g/mol. The zero-order chi connectivity index (χ0) is 34.4. The van der Waals surface area contributed by atoms with Gasteiger partial charge in [0.1, 0.15) is 0 Å². The maximum atomic E-state index is 2.37. The average Bonchev–Trinajstić information content (AvgIpc) is 3.20. The van der Waals surface area contributed by atoms with Gasteiger partial charge in [-0.2, -0.15) is 0 Å². The monoisotopic (exact) mass is 654 g/mol. The van der Waals surface area contributed by atoms with Crippen LogP contribution in [0.25, 0.3) is 34.1 Å². The summed E-state index contributed by atoms with van der Waals surface area (Å²) in [6.07, 6.45) is 4.37. The largest absolute Gasteiger partial charge is 0.311 e. The molecule has 244 valence electrons. The highest BCUT2D eigenvalue weighted by atomic mass is 15.1. The fraction of sp³-hybridized carbons (Fsp3) is 0.0204. The average molecular weight is 655 g/mol. The fourth-order valence-corrected chi connectivity index (χ4v) is 6.74. The summed E-state index contributed by atoms with van der Waals surface area (Å²) in [6, 6.07) is 71.2. The number of benzene rings is 8. The standard InChI is InChI=1S/C49H38N2/c1-37-13-8-11-21-48(37)51(49-22-12-15-42-14-9-10-20-47(42)49)46-33-27-39(28-34-46)24-23-38-25-29-40(30-26-38)41-31-35-45(36-32-41)50(43-16-4-2-5-17-43)44-18-6-3-7-19-44/h2-36H,1H3/b24-23+. The third kappa shape index (κ3) is 6.81. The van der Waals surface area contributed by atoms with E-state index in [9.17, 15) is 0 Å². The molecule has 8 rings (SSSR count). The van der Waals surface area contributed by atoms with Crippen molar-refractivity contribution in [3.63, 3.8) is 0 Å². The van der Waals surface area contributed by atoms with Gasteiger partial charge in [-0.15, -0.1) is 0 Å². The molecule has 8 aromatic rings. The molecule has 51 heavy (non-hydrogen) atoms. The van der Waals surface area contributed by atoms with Gasteiger partial charge in [-0.05, 0) is 101 Å². The number of fused-ring (bicyclic) bond motifs is 1. The predicted octanol–water partition coefficient (Wildman–Crippen LogP) is 13.9. The minimum Gasteiger partial charge on any atom is -0.311 e. The van der Waals surface area contributed by atoms with Gasteiger partial charge in [0.25, 0.3) is 0 Å². The molecule has 0 amide bonds. The zero-order valence-corrected chi connectivity index (χ0v) is 28.6. The van der Waals surface area contributed by atoms with Crippen molar-refractivity contribution >= 4 is 57.0 Å². The van der Waals surface area contributed by atoms with Crippen molar-refractivity contribution in [3.05, 3.63) is 217 Å². The minimum absolute atomic E-state index is 1.13. The summed E-state index contributed by atoms with van der Waals surface area (Å²) >= 11 is 0. The van der Waals surface area contributed by atoms with Crippen LogP contribution in [-0.2, 0) is 0 Å². The van der Waals surface area contributed by atoms with Gasteiger partial charge in [0, 0.05) is 33.8 Å². The second kappa shape index (κ2) is 14.5. The number of hydrogen-bond acceptors (Lipinski definition) is 2. The molecule has 0 N–H and O–H groups in total. The molecule has 8 aromatic carbocycles. The molecule has 0 aliphatic rings. The first-order valence-electron chi connectivity index (χ1n) is 17.4. The molecule has 0 saturated heterocycles. The van der Waals surface area contributed by atoms with Crippen molar-refractivity contribution in [2.24, 2.45) is 0 Å². The summed E-state index contributed by atoms with van der Waals surface area (Å²) in [5.74, 6) is 0. The lowest BCUT2D eigenvalue weighted by molar-refractivity contribution is 1.26. The lowest BCUT2D eigenvalue weighted by atomic mass is 10.0. The number of hydrogen-bond donors (Lipinski definition) is 0. The normalized spacial score (nSPS) is 11.2. The van der Waals surface area contributed by atoms with Gasteiger partial charge in [0.2, 0.25) is 0 Å². The highest BCUT2D eigenvalue weighted by Crippen LogP contribution is 2.40. The van der Waals surface area contributed by atoms with Gasteiger partial charge in [-0.25, -0.2) is 0 Å². The molecule has 0 saturated carbocycles. The fourth-order valence-electron chi connectivity index (χ4n) is 6.74. The number of para-hydroxylation sites is 3. The quantitative estimate of drug-likeness (QED) is 0.143. The Morgan fingerprint density at radius 2 is 0.765 bits per heavy atom. The predicted molar refractivity (Wildman–Crippen MR) is 219 cm³/mol. The van der Waals surface area contributed by atoms with Crippen LogP contribution in [0.3, 0.4) is 0 Å². The molecule has 2 nitrogen and oxygen atoms in total. The zero-order valence-electron chi connectivity index (χ0n) is 28.6. The van der Waals surface area contributed by atoms with E-state index in [0.29, 0.717) is 0 Å². The van der Waals surface area contributed by atoms with Crippen molar-refractivity contribution < 1.29 is 0 Å². The maximum Gasteiger partial charge on any atom is 0.0540 e. The topological polar surface area (TPSA) is 6.48 Å². The van der Waals surface area contributed by atoms with Crippen LogP contribution in [0.15, 0.2) is 200 Å². The summed E-state index contributed by atoms with van der Waals surface area (Å²) in [5, 5.41) is 2.46. The number of aryl methyl sites for hydroxylation is 1. The van der Waals surface area contributed by atoms with E-state index in [0.717, 1.165) is 33.9 Å². The number of anilines is 6. The first-order valence-corrected chi connectivity index (χ1v) is 17.4. The van der Waals surface area contributed by atoms with Crippen molar-refractivity contribution in [3.8, 4) is 11.1 Å². The Kier molecular flexibility index (Phi) is 8.96. The van der Waals surface area contributed by atoms with Crippen LogP contribution in [0.2, 0.25) is 0 Å². The highest BCUT2D eigenvalue weighted by molar-refractivity contribution is 5.99. The molecule has 0 spiro atoms. The summed E-state index contributed by atoms with van der Waals surface area (Å²) in [4.78, 5) is 4.66. The molecule has 0 unspecified atom stereocenters. The molecule has 0 aliphatic carbocycles. The molecule has 0 heterocycles. The van der Waals surface area contributed by atoms with E-state index in [2.05, 4.69) is 229 Å². The highest BCUT2D eigenvalue weighted by Gasteiger charge is 2.17. The molecule has 0 atom stereocenters. The Morgan fingerprint density at radius 3 is 1.39 bits per heavy atom. The molecule has 0 bridgehead atoms. The third-order valence-corrected chi connectivity index (χ3v) is 9.38. The van der Waals surface area contributed by atoms with Crippen LogP contribution in [-0.4, -0.2) is 0 Å². The molecule has 0 aromatic heterocycles. The van der Waals surface area contributed by atoms with E-state index >= 15 is 0 Å². The third-order valence-electron chi connectivity index (χ3n) is 9.38. The van der Waals surface area contributed by atoms with Crippen molar-refractivity contribution in [2.45, 2.75) is 6.92 Å². The lowest BCUT2D eigenvalue weighted by Gasteiger charge is -2.28. The van der Waals surface area contributed by atoms with Crippen LogP contribution in [0, 0.1) is 6.92 Å². The summed E-state index contributed by atoms with van der Waals surface area (Å²) in [5.41, 5.74) is 12.8. The Bertz CT molecular complexity index is 2350. The van der Waals surface area contributed by atoms with Gasteiger partial charge in [0.05, 0.1) is 5.69 Å². The van der Waals surface area contributed by atoms with E-state index < -0.39 is 0 Å². The van der Waals surface area contributed by atoms with E-state index in [1.807, 2.05) is 0 Å². The Morgan fingerprint density at radius 1 is 0.333 bits per heavy atom.